The first kappa shape index (κ1) is 15.8. The lowest BCUT2D eigenvalue weighted by Crippen LogP contribution is -2.04. The Kier molecular flexibility index (Phi) is 6.94. The summed E-state index contributed by atoms with van der Waals surface area (Å²) in [5.74, 6) is -0.394. The summed E-state index contributed by atoms with van der Waals surface area (Å²) in [7, 11) is -0.111. The lowest BCUT2D eigenvalue weighted by molar-refractivity contribution is -0.134. The summed E-state index contributed by atoms with van der Waals surface area (Å²) in [5.41, 5.74) is 0. The normalized spacial score (nSPS) is 8.85. The molecular weight excluding hydrogens is 271 g/mol. The van der Waals surface area contributed by atoms with Crippen LogP contribution in [0.1, 0.15) is 0 Å². The highest BCUT2D eigenvalue weighted by Crippen LogP contribution is 2.18. The Labute approximate surface area is 119 Å². The molecule has 0 unspecified atom stereocenters. The van der Waals surface area contributed by atoms with E-state index < -0.39 is 13.8 Å². The van der Waals surface area contributed by atoms with Crippen LogP contribution < -0.4 is 10.6 Å². The Morgan fingerprint density at radius 3 is 1.65 bits per heavy atom. The highest BCUT2D eigenvalue weighted by Gasteiger charge is 2.21. The van der Waals surface area contributed by atoms with Gasteiger partial charge in [-0.2, -0.15) is 0 Å². The third-order valence-electron chi connectivity index (χ3n) is 2.35. The predicted octanol–water partition coefficient (Wildman–Crippen LogP) is 2.81. The van der Waals surface area contributed by atoms with Crippen molar-refractivity contribution in [3.63, 3.8) is 0 Å². The second-order valence-electron chi connectivity index (χ2n) is 3.69. The first-order valence-electron chi connectivity index (χ1n) is 5.96. The summed E-state index contributed by atoms with van der Waals surface area (Å²) in [4.78, 5) is 9.84. The van der Waals surface area contributed by atoms with Gasteiger partial charge < -0.3 is 4.74 Å². The zero-order chi connectivity index (χ0) is 14.8. The molecular formula is C16H16O3P+. The van der Waals surface area contributed by atoms with Crippen LogP contribution in [-0.4, -0.2) is 13.1 Å². The SMILES string of the molecule is C=CC(=O)OC.O=[P+](c1ccccc1)c1ccccc1. The van der Waals surface area contributed by atoms with Gasteiger partial charge in [0.05, 0.1) is 7.11 Å². The topological polar surface area (TPSA) is 43.4 Å². The molecule has 0 aliphatic carbocycles. The average Bonchev–Trinajstić information content (AvgIpc) is 2.55. The molecule has 0 aromatic heterocycles. The first-order valence-corrected chi connectivity index (χ1v) is 7.22. The minimum Gasteiger partial charge on any atom is -0.466 e. The fourth-order valence-corrected chi connectivity index (χ4v) is 2.54. The molecule has 0 spiro atoms. The number of carbonyl (C=O) groups is 1. The Bertz CT molecular complexity index is 523. The van der Waals surface area contributed by atoms with Gasteiger partial charge in [-0.1, -0.05) is 47.5 Å². The number of hydrogen-bond donors (Lipinski definition) is 0. The lowest BCUT2D eigenvalue weighted by Gasteiger charge is -1.87. The molecule has 0 saturated heterocycles. The third-order valence-corrected chi connectivity index (χ3v) is 3.88. The van der Waals surface area contributed by atoms with E-state index in [0.29, 0.717) is 0 Å². The fraction of sp³-hybridized carbons (Fsp3) is 0.0625. The van der Waals surface area contributed by atoms with Crippen molar-refractivity contribution in [2.24, 2.45) is 0 Å². The van der Waals surface area contributed by atoms with E-state index in [4.69, 9.17) is 0 Å². The standard InChI is InChI=1S/C12H10OP.C4H6O2/c13-14(11-7-3-1-4-8-11)12-9-5-2-6-10-12;1-3-4(5)6-2/h1-10H;3H,1H2,2H3/q+1;. The van der Waals surface area contributed by atoms with Crippen LogP contribution in [0.15, 0.2) is 73.3 Å². The van der Waals surface area contributed by atoms with Gasteiger partial charge >= 0.3 is 13.8 Å². The van der Waals surface area contributed by atoms with E-state index in [0.717, 1.165) is 16.7 Å². The summed E-state index contributed by atoms with van der Waals surface area (Å²) in [5, 5.41) is 1.77. The summed E-state index contributed by atoms with van der Waals surface area (Å²) in [6, 6.07) is 19.1. The quantitative estimate of drug-likeness (QED) is 0.495. The van der Waals surface area contributed by atoms with Crippen molar-refractivity contribution < 1.29 is 14.1 Å². The van der Waals surface area contributed by atoms with E-state index in [1.54, 1.807) is 0 Å². The number of methoxy groups -OCH3 is 1. The van der Waals surface area contributed by atoms with Crippen LogP contribution in [0.25, 0.3) is 0 Å². The molecule has 0 aliphatic rings. The van der Waals surface area contributed by atoms with Crippen LogP contribution in [0.5, 0.6) is 0 Å². The van der Waals surface area contributed by atoms with Crippen molar-refractivity contribution in [1.29, 1.82) is 0 Å². The van der Waals surface area contributed by atoms with E-state index in [9.17, 15) is 9.36 Å². The maximum Gasteiger partial charge on any atom is 0.415 e. The van der Waals surface area contributed by atoms with Crippen LogP contribution in [0, 0.1) is 0 Å². The molecule has 20 heavy (non-hydrogen) atoms. The molecule has 102 valence electrons. The van der Waals surface area contributed by atoms with Crippen molar-refractivity contribution in [2.75, 3.05) is 7.11 Å². The molecule has 2 aromatic rings. The van der Waals surface area contributed by atoms with E-state index in [-0.39, 0.29) is 0 Å². The predicted molar refractivity (Wildman–Crippen MR) is 82.0 cm³/mol. The van der Waals surface area contributed by atoms with Crippen LogP contribution >= 0.6 is 7.80 Å². The van der Waals surface area contributed by atoms with Crippen molar-refractivity contribution in [3.05, 3.63) is 73.3 Å². The van der Waals surface area contributed by atoms with Gasteiger partial charge in [0.25, 0.3) is 0 Å². The monoisotopic (exact) mass is 287 g/mol. The van der Waals surface area contributed by atoms with Gasteiger partial charge in [-0.25, -0.2) is 4.79 Å². The molecule has 0 amide bonds. The van der Waals surface area contributed by atoms with Gasteiger partial charge in [-0.3, -0.25) is 0 Å². The number of esters is 1. The van der Waals surface area contributed by atoms with Crippen molar-refractivity contribution in [2.45, 2.75) is 0 Å². The number of benzene rings is 2. The number of hydrogen-bond acceptors (Lipinski definition) is 3. The molecule has 0 saturated carbocycles. The Morgan fingerprint density at radius 1 is 1.00 bits per heavy atom. The second-order valence-corrected chi connectivity index (χ2v) is 5.31. The van der Waals surface area contributed by atoms with Gasteiger partial charge in [-0.05, 0) is 24.3 Å². The van der Waals surface area contributed by atoms with Crippen LogP contribution in [0.2, 0.25) is 0 Å². The molecule has 0 bridgehead atoms. The largest absolute Gasteiger partial charge is 0.466 e. The Morgan fingerprint density at radius 2 is 1.40 bits per heavy atom. The molecule has 0 radical (unpaired) electrons. The van der Waals surface area contributed by atoms with Gasteiger partial charge in [0.2, 0.25) is 0 Å². The number of ether oxygens (including phenoxy) is 1. The van der Waals surface area contributed by atoms with Gasteiger partial charge in [0, 0.05) is 6.08 Å². The summed E-state index contributed by atoms with van der Waals surface area (Å²) in [6.45, 7) is 3.16. The van der Waals surface area contributed by atoms with E-state index in [1.165, 1.54) is 7.11 Å². The maximum absolute atomic E-state index is 12.0. The second kappa shape index (κ2) is 8.78. The molecule has 2 aromatic carbocycles. The highest BCUT2D eigenvalue weighted by molar-refractivity contribution is 7.61. The fourth-order valence-electron chi connectivity index (χ4n) is 1.36. The van der Waals surface area contributed by atoms with Gasteiger partial charge in [-0.15, -0.1) is 0 Å². The molecule has 0 N–H and O–H groups in total. The van der Waals surface area contributed by atoms with E-state index in [1.807, 2.05) is 60.7 Å². The molecule has 0 heterocycles. The molecule has 0 fully saturated rings. The molecule has 4 heteroatoms. The van der Waals surface area contributed by atoms with E-state index >= 15 is 0 Å². The minimum atomic E-state index is -1.42. The Hall–Kier alpha value is -2.25. The molecule has 0 atom stereocenters. The van der Waals surface area contributed by atoms with Crippen molar-refractivity contribution in [3.8, 4) is 0 Å². The first-order chi connectivity index (χ1) is 9.69. The third kappa shape index (κ3) is 5.17. The Balaban J connectivity index is 0.000000286. The summed E-state index contributed by atoms with van der Waals surface area (Å²) in [6.07, 6.45) is 1.11. The zero-order valence-corrected chi connectivity index (χ0v) is 12.1. The van der Waals surface area contributed by atoms with Gasteiger partial charge in [0.1, 0.15) is 0 Å². The smallest absolute Gasteiger partial charge is 0.415 e. The number of carbonyl (C=O) groups excluding carboxylic acids is 1. The van der Waals surface area contributed by atoms with Crippen LogP contribution in [0.4, 0.5) is 0 Å². The van der Waals surface area contributed by atoms with E-state index in [2.05, 4.69) is 11.3 Å². The van der Waals surface area contributed by atoms with Crippen molar-refractivity contribution in [1.82, 2.24) is 0 Å². The molecule has 2 rings (SSSR count). The van der Waals surface area contributed by atoms with Crippen molar-refractivity contribution >= 4 is 24.4 Å². The van der Waals surface area contributed by atoms with Crippen LogP contribution in [-0.2, 0) is 14.1 Å². The molecule has 3 nitrogen and oxygen atoms in total. The zero-order valence-electron chi connectivity index (χ0n) is 11.2. The number of rotatable bonds is 3. The molecule has 0 aliphatic heterocycles. The summed E-state index contributed by atoms with van der Waals surface area (Å²) < 4.78 is 16.1. The van der Waals surface area contributed by atoms with Crippen LogP contribution in [0.3, 0.4) is 0 Å². The average molecular weight is 287 g/mol. The highest BCUT2D eigenvalue weighted by atomic mass is 31.1. The lowest BCUT2D eigenvalue weighted by atomic mass is 10.4. The minimum absolute atomic E-state index is 0.394. The summed E-state index contributed by atoms with van der Waals surface area (Å²) >= 11 is 0. The maximum atomic E-state index is 12.0. The van der Waals surface area contributed by atoms with Gasteiger partial charge in [0.15, 0.2) is 10.6 Å².